The summed E-state index contributed by atoms with van der Waals surface area (Å²) in [5.41, 5.74) is 0.995. The fourth-order valence-electron chi connectivity index (χ4n) is 4.19. The van der Waals surface area contributed by atoms with Crippen molar-refractivity contribution in [1.29, 1.82) is 0 Å². The highest BCUT2D eigenvalue weighted by Crippen LogP contribution is 2.41. The maximum absolute atomic E-state index is 12.4. The van der Waals surface area contributed by atoms with Gasteiger partial charge in [-0.05, 0) is 42.6 Å². The van der Waals surface area contributed by atoms with E-state index in [4.69, 9.17) is 9.47 Å². The molecule has 1 saturated heterocycles. The fraction of sp³-hybridized carbons (Fsp3) is 0.619. The first kappa shape index (κ1) is 19.5. The average molecular weight is 374 g/mol. The number of carbonyl (C=O) groups excluding carboxylic acids is 2. The van der Waals surface area contributed by atoms with Crippen LogP contribution in [0.2, 0.25) is 0 Å². The Morgan fingerprint density at radius 2 is 1.81 bits per heavy atom. The predicted molar refractivity (Wildman–Crippen MR) is 102 cm³/mol. The molecule has 148 valence electrons. The Hall–Kier alpha value is -2.24. The van der Waals surface area contributed by atoms with Crippen molar-refractivity contribution in [3.8, 4) is 0 Å². The molecule has 27 heavy (non-hydrogen) atoms. The number of hydrogen-bond acceptors (Lipinski definition) is 4. The SMILES string of the molecule is CCCCOC(=O)NCC1C2CCC1CN(C(=O)OCc1ccccc1)C2. The number of fused-ring (bicyclic) bond motifs is 2. The number of carbonyl (C=O) groups is 2. The molecule has 1 heterocycles. The minimum atomic E-state index is -0.326. The summed E-state index contributed by atoms with van der Waals surface area (Å²) in [4.78, 5) is 26.0. The monoisotopic (exact) mass is 374 g/mol. The molecule has 2 aliphatic rings. The quantitative estimate of drug-likeness (QED) is 0.737. The number of hydrogen-bond donors (Lipinski definition) is 1. The summed E-state index contributed by atoms with van der Waals surface area (Å²) in [5.74, 6) is 1.26. The Labute approximate surface area is 161 Å². The predicted octanol–water partition coefficient (Wildman–Crippen LogP) is 3.81. The summed E-state index contributed by atoms with van der Waals surface area (Å²) in [6.07, 6.45) is 3.54. The standard InChI is InChI=1S/C21H30N2O4/c1-2-3-11-26-20(24)22-12-19-17-9-10-18(19)14-23(13-17)21(25)27-15-16-7-5-4-6-8-16/h4-8,17-19H,2-3,9-15H2,1H3,(H,22,24). The van der Waals surface area contributed by atoms with Crippen molar-refractivity contribution in [3.05, 3.63) is 35.9 Å². The minimum absolute atomic E-state index is 0.235. The van der Waals surface area contributed by atoms with Crippen LogP contribution in [0.25, 0.3) is 0 Å². The van der Waals surface area contributed by atoms with Crippen LogP contribution in [-0.2, 0) is 16.1 Å². The van der Waals surface area contributed by atoms with Gasteiger partial charge in [-0.15, -0.1) is 0 Å². The molecule has 1 saturated carbocycles. The first-order valence-corrected chi connectivity index (χ1v) is 10.0. The Balaban J connectivity index is 1.42. The van der Waals surface area contributed by atoms with E-state index in [2.05, 4.69) is 12.2 Å². The molecule has 2 bridgehead atoms. The summed E-state index contributed by atoms with van der Waals surface area (Å²) < 4.78 is 10.6. The largest absolute Gasteiger partial charge is 0.450 e. The van der Waals surface area contributed by atoms with Gasteiger partial charge in [0.25, 0.3) is 0 Å². The van der Waals surface area contributed by atoms with Gasteiger partial charge >= 0.3 is 12.2 Å². The number of amides is 2. The number of likely N-dealkylation sites (tertiary alicyclic amines) is 1. The second-order valence-electron chi connectivity index (χ2n) is 7.58. The van der Waals surface area contributed by atoms with Crippen LogP contribution in [0.3, 0.4) is 0 Å². The first-order valence-electron chi connectivity index (χ1n) is 10.0. The van der Waals surface area contributed by atoms with Crippen molar-refractivity contribution in [2.45, 2.75) is 39.2 Å². The molecule has 0 radical (unpaired) electrons. The lowest BCUT2D eigenvalue weighted by atomic mass is 9.85. The van der Waals surface area contributed by atoms with Gasteiger partial charge in [0.2, 0.25) is 0 Å². The molecule has 3 rings (SSSR count). The van der Waals surface area contributed by atoms with Crippen LogP contribution in [0, 0.1) is 17.8 Å². The minimum Gasteiger partial charge on any atom is -0.450 e. The highest BCUT2D eigenvalue weighted by Gasteiger charge is 2.43. The number of nitrogens with zero attached hydrogens (tertiary/aromatic N) is 1. The van der Waals surface area contributed by atoms with E-state index in [0.717, 1.165) is 31.2 Å². The van der Waals surface area contributed by atoms with Crippen LogP contribution in [0.4, 0.5) is 9.59 Å². The molecular formula is C21H30N2O4. The summed E-state index contributed by atoms with van der Waals surface area (Å²) in [6, 6.07) is 9.73. The zero-order valence-corrected chi connectivity index (χ0v) is 16.1. The maximum Gasteiger partial charge on any atom is 0.410 e. The van der Waals surface area contributed by atoms with Crippen molar-refractivity contribution >= 4 is 12.2 Å². The highest BCUT2D eigenvalue weighted by atomic mass is 16.6. The topological polar surface area (TPSA) is 67.9 Å². The molecule has 6 nitrogen and oxygen atoms in total. The molecule has 6 heteroatoms. The summed E-state index contributed by atoms with van der Waals surface area (Å²) in [7, 11) is 0. The van der Waals surface area contributed by atoms with Crippen molar-refractivity contribution in [2.24, 2.45) is 17.8 Å². The lowest BCUT2D eigenvalue weighted by Gasteiger charge is -2.37. The molecule has 0 aromatic heterocycles. The molecule has 1 aromatic rings. The zero-order valence-electron chi connectivity index (χ0n) is 16.1. The molecule has 1 aliphatic heterocycles. The van der Waals surface area contributed by atoms with E-state index in [9.17, 15) is 9.59 Å². The van der Waals surface area contributed by atoms with Gasteiger partial charge < -0.3 is 19.7 Å². The van der Waals surface area contributed by atoms with E-state index >= 15 is 0 Å². The lowest BCUT2D eigenvalue weighted by molar-refractivity contribution is 0.0590. The van der Waals surface area contributed by atoms with E-state index in [1.54, 1.807) is 0 Å². The number of rotatable bonds is 7. The number of nitrogens with one attached hydrogen (secondary N) is 1. The van der Waals surface area contributed by atoms with Gasteiger partial charge in [0.05, 0.1) is 6.61 Å². The third-order valence-electron chi connectivity index (χ3n) is 5.71. The molecule has 2 fully saturated rings. The number of benzene rings is 1. The Kier molecular flexibility index (Phi) is 6.96. The van der Waals surface area contributed by atoms with E-state index in [1.807, 2.05) is 35.2 Å². The van der Waals surface area contributed by atoms with E-state index in [1.165, 1.54) is 0 Å². The van der Waals surface area contributed by atoms with E-state index in [0.29, 0.717) is 50.6 Å². The van der Waals surface area contributed by atoms with Crippen molar-refractivity contribution in [1.82, 2.24) is 10.2 Å². The molecule has 2 atom stereocenters. The maximum atomic E-state index is 12.4. The summed E-state index contributed by atoms with van der Waals surface area (Å²) >= 11 is 0. The van der Waals surface area contributed by atoms with Gasteiger partial charge in [-0.2, -0.15) is 0 Å². The molecule has 1 N–H and O–H groups in total. The number of piperidine rings is 1. The van der Waals surface area contributed by atoms with Gasteiger partial charge in [-0.1, -0.05) is 43.7 Å². The first-order chi connectivity index (χ1) is 13.2. The number of ether oxygens (including phenoxy) is 2. The second-order valence-corrected chi connectivity index (χ2v) is 7.58. The van der Waals surface area contributed by atoms with Gasteiger partial charge in [-0.25, -0.2) is 9.59 Å². The van der Waals surface area contributed by atoms with Crippen LogP contribution < -0.4 is 5.32 Å². The molecule has 1 aromatic carbocycles. The molecule has 2 unspecified atom stereocenters. The number of unbranched alkanes of at least 4 members (excludes halogenated alkanes) is 1. The van der Waals surface area contributed by atoms with Gasteiger partial charge in [0, 0.05) is 19.6 Å². The summed E-state index contributed by atoms with van der Waals surface area (Å²) in [6.45, 7) is 4.90. The zero-order chi connectivity index (χ0) is 19.1. The average Bonchev–Trinajstić information content (AvgIpc) is 2.92. The fourth-order valence-corrected chi connectivity index (χ4v) is 4.19. The Morgan fingerprint density at radius 1 is 1.11 bits per heavy atom. The van der Waals surface area contributed by atoms with Crippen molar-refractivity contribution < 1.29 is 19.1 Å². The normalized spacial score (nSPS) is 23.7. The highest BCUT2D eigenvalue weighted by molar-refractivity contribution is 5.68. The summed E-state index contributed by atoms with van der Waals surface area (Å²) in [5, 5.41) is 2.91. The molecule has 1 aliphatic carbocycles. The van der Waals surface area contributed by atoms with E-state index in [-0.39, 0.29) is 12.2 Å². The van der Waals surface area contributed by atoms with Crippen molar-refractivity contribution in [3.63, 3.8) is 0 Å². The Morgan fingerprint density at radius 3 is 2.48 bits per heavy atom. The molecular weight excluding hydrogens is 344 g/mol. The van der Waals surface area contributed by atoms with Crippen LogP contribution >= 0.6 is 0 Å². The van der Waals surface area contributed by atoms with Crippen molar-refractivity contribution in [2.75, 3.05) is 26.2 Å². The smallest absolute Gasteiger partial charge is 0.410 e. The number of alkyl carbamates (subject to hydrolysis) is 1. The van der Waals surface area contributed by atoms with E-state index < -0.39 is 0 Å². The van der Waals surface area contributed by atoms with Gasteiger partial charge in [0.15, 0.2) is 0 Å². The van der Waals surface area contributed by atoms with Crippen LogP contribution in [0.15, 0.2) is 30.3 Å². The lowest BCUT2D eigenvalue weighted by Crippen LogP contribution is -2.48. The van der Waals surface area contributed by atoms with Gasteiger partial charge in [-0.3, -0.25) is 0 Å². The van der Waals surface area contributed by atoms with Crippen LogP contribution in [0.1, 0.15) is 38.2 Å². The third kappa shape index (κ3) is 5.37. The molecule has 2 amide bonds. The Bertz CT molecular complexity index is 608. The third-order valence-corrected chi connectivity index (χ3v) is 5.71. The second kappa shape index (κ2) is 9.62. The molecule has 0 spiro atoms. The van der Waals surface area contributed by atoms with Gasteiger partial charge in [0.1, 0.15) is 6.61 Å². The van der Waals surface area contributed by atoms with Crippen LogP contribution in [-0.4, -0.2) is 43.3 Å². The van der Waals surface area contributed by atoms with Crippen LogP contribution in [0.5, 0.6) is 0 Å².